The highest BCUT2D eigenvalue weighted by Crippen LogP contribution is 2.48. The van der Waals surface area contributed by atoms with Crippen molar-refractivity contribution in [1.29, 1.82) is 0 Å². The average molecular weight is 731 g/mol. The first-order valence-corrected chi connectivity index (χ1v) is 18.1. The molecule has 0 spiro atoms. The Morgan fingerprint density at radius 3 is 1.45 bits per heavy atom. The van der Waals surface area contributed by atoms with E-state index in [-0.39, 0.29) is 30.9 Å². The van der Waals surface area contributed by atoms with Gasteiger partial charge in [0.2, 0.25) is 17.7 Å². The fourth-order valence-electron chi connectivity index (χ4n) is 6.08. The predicted molar refractivity (Wildman–Crippen MR) is 206 cm³/mol. The Kier molecular flexibility index (Phi) is 13.4. The van der Waals surface area contributed by atoms with Gasteiger partial charge < -0.3 is 31.9 Å². The van der Waals surface area contributed by atoms with Gasteiger partial charge in [-0.2, -0.15) is 0 Å². The summed E-state index contributed by atoms with van der Waals surface area (Å²) in [7, 11) is 0. The van der Waals surface area contributed by atoms with Gasteiger partial charge in [0, 0.05) is 18.6 Å². The number of hydrogen-bond donors (Lipinski definition) is 6. The minimum atomic E-state index is -1.28. The monoisotopic (exact) mass is 730 g/mol. The molecule has 0 aliphatic carbocycles. The van der Waals surface area contributed by atoms with Crippen LogP contribution in [0.5, 0.6) is 5.75 Å². The lowest BCUT2D eigenvalue weighted by molar-refractivity contribution is -0.142. The van der Waals surface area contributed by atoms with Gasteiger partial charge in [0.15, 0.2) is 0 Å². The van der Waals surface area contributed by atoms with Crippen molar-refractivity contribution >= 4 is 35.5 Å². The van der Waals surface area contributed by atoms with Crippen LogP contribution < -0.4 is 21.7 Å². The zero-order valence-electron chi connectivity index (χ0n) is 28.9. The number of carboxylic acids is 1. The van der Waals surface area contributed by atoms with Crippen molar-refractivity contribution in [3.8, 4) is 5.75 Å². The first kappa shape index (κ1) is 38.3. The summed E-state index contributed by atoms with van der Waals surface area (Å²) in [6, 6.07) is 41.0. The van der Waals surface area contributed by atoms with Crippen LogP contribution in [-0.2, 0) is 36.8 Å². The number of phenols is 1. The second-order valence-corrected chi connectivity index (χ2v) is 13.7. The van der Waals surface area contributed by atoms with E-state index >= 15 is 0 Å². The number of amides is 3. The van der Waals surface area contributed by atoms with Gasteiger partial charge in [-0.15, -0.1) is 11.8 Å². The highest BCUT2D eigenvalue weighted by atomic mass is 32.2. The minimum Gasteiger partial charge on any atom is -0.508 e. The number of aliphatic carboxylic acids is 1. The smallest absolute Gasteiger partial charge is 0.326 e. The Labute approximate surface area is 312 Å². The number of thioether (sulfide) groups is 1. The van der Waals surface area contributed by atoms with E-state index in [9.17, 15) is 29.4 Å². The van der Waals surface area contributed by atoms with Crippen LogP contribution in [-0.4, -0.2) is 64.3 Å². The number of carbonyl (C=O) groups is 4. The summed E-state index contributed by atoms with van der Waals surface area (Å²) < 4.78 is -0.815. The molecule has 5 aromatic carbocycles. The summed E-state index contributed by atoms with van der Waals surface area (Å²) in [5.41, 5.74) is 9.87. The Balaban J connectivity index is 1.47. The van der Waals surface area contributed by atoms with Crippen LogP contribution in [0.1, 0.15) is 27.8 Å². The molecule has 0 fully saturated rings. The number of nitrogens with two attached hydrogens (primary N) is 1. The standard InChI is InChI=1S/C42H42N4O6S/c43-27-38(48)44-37(28-53-42(31-15-7-2-8-16-31,32-17-9-3-10-18-32)33-19-11-4-12-20-33)40(50)45-35(25-30-21-23-34(47)24-22-30)39(49)46-36(41(51)52)26-29-13-5-1-6-14-29/h1-24,35-37,47H,25-28,43H2,(H,44,48)(H,45,50)(H,46,49)(H,51,52)/t35-,36-,37-/m0/s1. The molecular weight excluding hydrogens is 689 g/mol. The van der Waals surface area contributed by atoms with Crippen molar-refractivity contribution in [2.75, 3.05) is 12.3 Å². The maximum Gasteiger partial charge on any atom is 0.326 e. The molecule has 0 unspecified atom stereocenters. The molecule has 5 aromatic rings. The summed E-state index contributed by atoms with van der Waals surface area (Å²) in [6.45, 7) is -0.368. The number of aromatic hydroxyl groups is 1. The molecule has 0 saturated carbocycles. The molecule has 3 amide bonds. The van der Waals surface area contributed by atoms with Gasteiger partial charge in [-0.1, -0.05) is 133 Å². The fourth-order valence-corrected chi connectivity index (χ4v) is 7.64. The highest BCUT2D eigenvalue weighted by molar-refractivity contribution is 8.00. The first-order chi connectivity index (χ1) is 25.7. The van der Waals surface area contributed by atoms with Crippen molar-refractivity contribution in [1.82, 2.24) is 16.0 Å². The van der Waals surface area contributed by atoms with Gasteiger partial charge in [0.05, 0.1) is 11.3 Å². The number of benzene rings is 5. The summed E-state index contributed by atoms with van der Waals surface area (Å²) in [4.78, 5) is 53.2. The lowest BCUT2D eigenvalue weighted by atomic mass is 9.84. The number of carbonyl (C=O) groups excluding carboxylic acids is 3. The van der Waals surface area contributed by atoms with Crippen LogP contribution in [0.25, 0.3) is 0 Å². The normalized spacial score (nSPS) is 12.8. The van der Waals surface area contributed by atoms with E-state index in [1.165, 1.54) is 23.9 Å². The Morgan fingerprint density at radius 1 is 0.566 bits per heavy atom. The second kappa shape index (κ2) is 18.5. The zero-order chi connectivity index (χ0) is 37.6. The summed E-state index contributed by atoms with van der Waals surface area (Å²) >= 11 is 1.45. The van der Waals surface area contributed by atoms with Gasteiger partial charge in [0.25, 0.3) is 0 Å². The Bertz CT molecular complexity index is 1850. The van der Waals surface area contributed by atoms with Crippen LogP contribution >= 0.6 is 11.8 Å². The SMILES string of the molecule is NCC(=O)N[C@@H](CSC(c1ccccc1)(c1ccccc1)c1ccccc1)C(=O)N[C@@H](Cc1ccc(O)cc1)C(=O)N[C@@H](Cc1ccccc1)C(=O)O. The van der Waals surface area contributed by atoms with Crippen LogP contribution in [0.15, 0.2) is 146 Å². The van der Waals surface area contributed by atoms with E-state index < -0.39 is 46.6 Å². The topological polar surface area (TPSA) is 171 Å². The molecule has 0 saturated heterocycles. The molecule has 0 aromatic heterocycles. The molecule has 7 N–H and O–H groups in total. The molecule has 53 heavy (non-hydrogen) atoms. The number of rotatable bonds is 17. The third kappa shape index (κ3) is 10.1. The van der Waals surface area contributed by atoms with Crippen LogP contribution in [0.3, 0.4) is 0 Å². The third-order valence-corrected chi connectivity index (χ3v) is 10.4. The first-order valence-electron chi connectivity index (χ1n) is 17.1. The third-order valence-electron chi connectivity index (χ3n) is 8.75. The predicted octanol–water partition coefficient (Wildman–Crippen LogP) is 4.40. The van der Waals surface area contributed by atoms with E-state index in [2.05, 4.69) is 16.0 Å². The van der Waals surface area contributed by atoms with Crippen molar-refractivity contribution in [2.45, 2.75) is 35.7 Å². The molecule has 0 aliphatic rings. The van der Waals surface area contributed by atoms with Crippen LogP contribution in [0.4, 0.5) is 0 Å². The van der Waals surface area contributed by atoms with Gasteiger partial charge in [0.1, 0.15) is 23.9 Å². The van der Waals surface area contributed by atoms with E-state index in [0.717, 1.165) is 16.7 Å². The largest absolute Gasteiger partial charge is 0.508 e. The fraction of sp³-hybridized carbons (Fsp3) is 0.190. The highest BCUT2D eigenvalue weighted by Gasteiger charge is 2.39. The van der Waals surface area contributed by atoms with Gasteiger partial charge in [-0.25, -0.2) is 4.79 Å². The lowest BCUT2D eigenvalue weighted by Crippen LogP contribution is -2.57. The van der Waals surface area contributed by atoms with Crippen molar-refractivity contribution in [3.63, 3.8) is 0 Å². The van der Waals surface area contributed by atoms with Gasteiger partial charge >= 0.3 is 5.97 Å². The number of carboxylic acid groups (broad SMARTS) is 1. The lowest BCUT2D eigenvalue weighted by Gasteiger charge is -2.36. The van der Waals surface area contributed by atoms with Crippen LogP contribution in [0.2, 0.25) is 0 Å². The molecular formula is C42H42N4O6S. The molecule has 0 heterocycles. The number of phenolic OH excluding ortho intramolecular Hbond substituents is 1. The molecule has 3 atom stereocenters. The van der Waals surface area contributed by atoms with Crippen molar-refractivity contribution in [3.05, 3.63) is 173 Å². The number of nitrogens with one attached hydrogen (secondary N) is 3. The van der Waals surface area contributed by atoms with Gasteiger partial charge in [-0.3, -0.25) is 14.4 Å². The quantitative estimate of drug-likeness (QED) is 0.0765. The average Bonchev–Trinajstić information content (AvgIpc) is 3.19. The maximum atomic E-state index is 14.3. The molecule has 5 rings (SSSR count). The maximum absolute atomic E-state index is 14.3. The summed E-state index contributed by atoms with van der Waals surface area (Å²) in [5.74, 6) is -3.10. The van der Waals surface area contributed by atoms with Crippen molar-refractivity contribution in [2.24, 2.45) is 5.73 Å². The van der Waals surface area contributed by atoms with Gasteiger partial charge in [-0.05, 0) is 39.9 Å². The van der Waals surface area contributed by atoms with E-state index in [1.54, 1.807) is 36.4 Å². The van der Waals surface area contributed by atoms with E-state index in [4.69, 9.17) is 5.73 Å². The molecule has 0 aliphatic heterocycles. The van der Waals surface area contributed by atoms with Crippen molar-refractivity contribution < 1.29 is 29.4 Å². The molecule has 0 bridgehead atoms. The van der Waals surface area contributed by atoms with E-state index in [1.807, 2.05) is 97.1 Å². The molecule has 0 radical (unpaired) electrons. The minimum absolute atomic E-state index is 0.0212. The zero-order valence-corrected chi connectivity index (χ0v) is 29.7. The molecule has 10 nitrogen and oxygen atoms in total. The second-order valence-electron chi connectivity index (χ2n) is 12.4. The molecule has 272 valence electrons. The number of hydrogen-bond acceptors (Lipinski definition) is 7. The summed E-state index contributed by atoms with van der Waals surface area (Å²) in [5, 5.41) is 28.0. The Hall–Kier alpha value is -5.91. The van der Waals surface area contributed by atoms with E-state index in [0.29, 0.717) is 11.1 Å². The Morgan fingerprint density at radius 2 is 0.981 bits per heavy atom. The summed E-state index contributed by atoms with van der Waals surface area (Å²) in [6.07, 6.45) is -0.00361. The molecule has 11 heteroatoms. The van der Waals surface area contributed by atoms with Crippen LogP contribution in [0, 0.1) is 0 Å².